The Morgan fingerprint density at radius 1 is 1.03 bits per heavy atom. The van der Waals surface area contributed by atoms with Crippen molar-refractivity contribution in [2.24, 2.45) is 5.10 Å². The topological polar surface area (TPSA) is 65.4 Å². The summed E-state index contributed by atoms with van der Waals surface area (Å²) in [5.41, 5.74) is 2.48. The van der Waals surface area contributed by atoms with E-state index in [0.29, 0.717) is 6.54 Å². The molecule has 0 aromatic heterocycles. The lowest BCUT2D eigenvalue weighted by Crippen LogP contribution is -2.57. The van der Waals surface area contributed by atoms with Crippen LogP contribution in [0.3, 0.4) is 0 Å². The number of rotatable bonds is 4. The van der Waals surface area contributed by atoms with Crippen LogP contribution in [0, 0.1) is 0 Å². The quantitative estimate of drug-likeness (QED) is 0.845. The van der Waals surface area contributed by atoms with Crippen molar-refractivity contribution in [1.29, 1.82) is 0 Å². The molecule has 30 heavy (non-hydrogen) atoms. The van der Waals surface area contributed by atoms with E-state index in [1.807, 2.05) is 55.1 Å². The van der Waals surface area contributed by atoms with Gasteiger partial charge in [0.2, 0.25) is 0 Å². The Labute approximate surface area is 177 Å². The molecule has 0 aliphatic carbocycles. The van der Waals surface area contributed by atoms with Gasteiger partial charge in [-0.3, -0.25) is 9.80 Å². The third kappa shape index (κ3) is 3.83. The maximum atomic E-state index is 13.3. The molecular formula is C24H27N3O3. The van der Waals surface area contributed by atoms with Crippen LogP contribution in [0.25, 0.3) is 0 Å². The molecule has 0 bridgehead atoms. The molecule has 2 aromatic carbocycles. The second-order valence-corrected chi connectivity index (χ2v) is 7.87. The van der Waals surface area contributed by atoms with E-state index in [-0.39, 0.29) is 48.6 Å². The third-order valence-electron chi connectivity index (χ3n) is 5.63. The molecule has 1 atom stereocenters. The van der Waals surface area contributed by atoms with Gasteiger partial charge in [0.15, 0.2) is 5.70 Å². The van der Waals surface area contributed by atoms with E-state index in [1.165, 1.54) is 0 Å². The van der Waals surface area contributed by atoms with Gasteiger partial charge in [-0.25, -0.2) is 0 Å². The molecule has 2 heterocycles. The van der Waals surface area contributed by atoms with Crippen molar-refractivity contribution in [2.45, 2.75) is 31.8 Å². The third-order valence-corrected chi connectivity index (χ3v) is 5.63. The molecule has 0 radical (unpaired) electrons. The van der Waals surface area contributed by atoms with E-state index in [0.717, 1.165) is 11.1 Å². The SMILES string of the molecule is CC(C)N1C[C@H](C(c2ccccc2)c2ccccc2)N2/N=C\COCC(O)=C2C1=O. The summed E-state index contributed by atoms with van der Waals surface area (Å²) in [5, 5.41) is 17.0. The number of hydrogen-bond acceptors (Lipinski definition) is 5. The van der Waals surface area contributed by atoms with Crippen LogP contribution in [0.15, 0.2) is 77.2 Å². The lowest BCUT2D eigenvalue weighted by molar-refractivity contribution is -0.136. The molecule has 0 saturated carbocycles. The number of fused-ring (bicyclic) bond motifs is 1. The normalized spacial score (nSPS) is 20.9. The van der Waals surface area contributed by atoms with Crippen molar-refractivity contribution in [3.63, 3.8) is 0 Å². The van der Waals surface area contributed by atoms with Crippen molar-refractivity contribution in [3.8, 4) is 0 Å². The highest BCUT2D eigenvalue weighted by molar-refractivity contribution is 5.94. The molecule has 0 spiro atoms. The fraction of sp³-hybridized carbons (Fsp3) is 0.333. The first-order valence-electron chi connectivity index (χ1n) is 10.3. The van der Waals surface area contributed by atoms with Crippen molar-refractivity contribution in [1.82, 2.24) is 9.91 Å². The number of hydrazone groups is 1. The van der Waals surface area contributed by atoms with Gasteiger partial charge in [0.25, 0.3) is 5.91 Å². The van der Waals surface area contributed by atoms with Crippen LogP contribution in [-0.2, 0) is 9.53 Å². The highest BCUT2D eigenvalue weighted by Crippen LogP contribution is 2.37. The first-order chi connectivity index (χ1) is 14.6. The molecule has 2 aliphatic heterocycles. The summed E-state index contributed by atoms with van der Waals surface area (Å²) in [6.07, 6.45) is 1.66. The predicted octanol–water partition coefficient (Wildman–Crippen LogP) is 3.53. The van der Waals surface area contributed by atoms with Crippen LogP contribution in [0.1, 0.15) is 30.9 Å². The summed E-state index contributed by atoms with van der Waals surface area (Å²) >= 11 is 0. The molecule has 6 nitrogen and oxygen atoms in total. The highest BCUT2D eigenvalue weighted by atomic mass is 16.5. The summed E-state index contributed by atoms with van der Waals surface area (Å²) in [7, 11) is 0. The van der Waals surface area contributed by atoms with Gasteiger partial charge in [0, 0.05) is 18.5 Å². The number of ether oxygens (including phenoxy) is 1. The van der Waals surface area contributed by atoms with Crippen LogP contribution in [0.2, 0.25) is 0 Å². The molecule has 1 N–H and O–H groups in total. The van der Waals surface area contributed by atoms with Crippen molar-refractivity contribution in [2.75, 3.05) is 19.8 Å². The van der Waals surface area contributed by atoms with Gasteiger partial charge in [-0.2, -0.15) is 5.10 Å². The monoisotopic (exact) mass is 405 g/mol. The minimum Gasteiger partial charge on any atom is -0.507 e. The molecule has 1 saturated heterocycles. The molecule has 2 aliphatic rings. The number of aliphatic hydroxyl groups is 1. The number of benzene rings is 2. The fourth-order valence-electron chi connectivity index (χ4n) is 4.21. The Hall–Kier alpha value is -3.12. The van der Waals surface area contributed by atoms with Crippen molar-refractivity contribution < 1.29 is 14.6 Å². The molecule has 156 valence electrons. The van der Waals surface area contributed by atoms with Crippen LogP contribution >= 0.6 is 0 Å². The smallest absolute Gasteiger partial charge is 0.275 e. The second kappa shape index (κ2) is 8.71. The Morgan fingerprint density at radius 3 is 2.20 bits per heavy atom. The maximum Gasteiger partial charge on any atom is 0.275 e. The summed E-state index contributed by atoms with van der Waals surface area (Å²) in [6.45, 7) is 4.75. The lowest BCUT2D eigenvalue weighted by atomic mass is 9.83. The summed E-state index contributed by atoms with van der Waals surface area (Å²) in [5.74, 6) is -0.338. The van der Waals surface area contributed by atoms with Gasteiger partial charge < -0.3 is 14.7 Å². The molecule has 0 unspecified atom stereocenters. The minimum absolute atomic E-state index is 0.00927. The number of nitrogens with zero attached hydrogens (tertiary/aromatic N) is 3. The standard InChI is InChI=1S/C24H27N3O3/c1-17(2)26-15-20(27-23(24(26)29)21(28)16-30-14-13-25-27)22(18-9-5-3-6-10-18)19-11-7-4-8-12-19/h3-13,17,20,22,28H,14-16H2,1-2H3/b23-21?,25-13-/t20-/m1/s1. The van der Waals surface area contributed by atoms with Crippen molar-refractivity contribution >= 4 is 12.1 Å². The van der Waals surface area contributed by atoms with E-state index in [1.54, 1.807) is 11.2 Å². The second-order valence-electron chi connectivity index (χ2n) is 7.87. The lowest BCUT2D eigenvalue weighted by Gasteiger charge is -2.46. The number of hydrogen-bond donors (Lipinski definition) is 1. The molecule has 1 amide bonds. The van der Waals surface area contributed by atoms with Crippen LogP contribution in [0.4, 0.5) is 0 Å². The Kier molecular flexibility index (Phi) is 5.86. The number of amides is 1. The summed E-state index contributed by atoms with van der Waals surface area (Å²) in [6, 6.07) is 20.3. The Morgan fingerprint density at radius 2 is 1.63 bits per heavy atom. The van der Waals surface area contributed by atoms with Gasteiger partial charge in [-0.1, -0.05) is 60.7 Å². The van der Waals surface area contributed by atoms with E-state index >= 15 is 0 Å². The molecule has 1 fully saturated rings. The van der Waals surface area contributed by atoms with Gasteiger partial charge in [0.05, 0.1) is 18.9 Å². The van der Waals surface area contributed by atoms with Gasteiger partial charge >= 0.3 is 0 Å². The zero-order valence-corrected chi connectivity index (χ0v) is 17.3. The average molecular weight is 405 g/mol. The number of piperazine rings is 1. The largest absolute Gasteiger partial charge is 0.507 e. The zero-order valence-electron chi connectivity index (χ0n) is 17.3. The summed E-state index contributed by atoms with van der Waals surface area (Å²) in [4.78, 5) is 15.1. The van der Waals surface area contributed by atoms with E-state index < -0.39 is 0 Å². The van der Waals surface area contributed by atoms with E-state index in [9.17, 15) is 9.90 Å². The van der Waals surface area contributed by atoms with E-state index in [2.05, 4.69) is 29.4 Å². The maximum absolute atomic E-state index is 13.3. The zero-order chi connectivity index (χ0) is 21.1. The molecular weight excluding hydrogens is 378 g/mol. The van der Waals surface area contributed by atoms with Crippen LogP contribution in [-0.4, -0.2) is 59.0 Å². The predicted molar refractivity (Wildman–Crippen MR) is 116 cm³/mol. The Bertz CT molecular complexity index is 901. The number of carbonyl (C=O) groups excluding carboxylic acids is 1. The fourth-order valence-corrected chi connectivity index (χ4v) is 4.21. The molecule has 4 rings (SSSR count). The van der Waals surface area contributed by atoms with Gasteiger partial charge in [0.1, 0.15) is 12.4 Å². The number of aliphatic hydroxyl groups excluding tert-OH is 1. The molecule has 6 heteroatoms. The van der Waals surface area contributed by atoms with Crippen LogP contribution in [0.5, 0.6) is 0 Å². The van der Waals surface area contributed by atoms with Crippen molar-refractivity contribution in [3.05, 3.63) is 83.2 Å². The molecule has 2 aromatic rings. The minimum atomic E-state index is -0.221. The first kappa shape index (κ1) is 20.2. The number of carbonyl (C=O) groups is 1. The van der Waals surface area contributed by atoms with Gasteiger partial charge in [-0.05, 0) is 25.0 Å². The average Bonchev–Trinajstić information content (AvgIpc) is 2.74. The summed E-state index contributed by atoms with van der Waals surface area (Å²) < 4.78 is 5.39. The van der Waals surface area contributed by atoms with Gasteiger partial charge in [-0.15, -0.1) is 0 Å². The highest BCUT2D eigenvalue weighted by Gasteiger charge is 2.44. The first-order valence-corrected chi connectivity index (χ1v) is 10.3. The Balaban J connectivity index is 1.88. The van der Waals surface area contributed by atoms with Crippen LogP contribution < -0.4 is 0 Å². The van der Waals surface area contributed by atoms with E-state index in [4.69, 9.17) is 4.74 Å².